The van der Waals surface area contributed by atoms with Gasteiger partial charge >= 0.3 is 0 Å². The Bertz CT molecular complexity index is 753. The highest BCUT2D eigenvalue weighted by atomic mass is 28.3. The van der Waals surface area contributed by atoms with E-state index in [0.29, 0.717) is 17.8 Å². The second-order valence-electron chi connectivity index (χ2n) is 6.62. The monoisotopic (exact) mass is 314 g/mol. The average molecular weight is 314 g/mol. The Labute approximate surface area is 130 Å². The van der Waals surface area contributed by atoms with Crippen LogP contribution in [-0.4, -0.2) is 14.0 Å². The summed E-state index contributed by atoms with van der Waals surface area (Å²) in [5, 5.41) is 6.92. The van der Waals surface area contributed by atoms with E-state index in [1.807, 2.05) is 18.2 Å². The molecule has 1 aliphatic rings. The summed E-state index contributed by atoms with van der Waals surface area (Å²) in [5.41, 5.74) is 2.78. The molecular formula is C17H19FN2OSi. The molecule has 0 saturated carbocycles. The molecule has 114 valence electrons. The summed E-state index contributed by atoms with van der Waals surface area (Å²) in [4.78, 5) is 11.7. The number of halogens is 1. The first kappa shape index (κ1) is 14.8. The number of rotatable bonds is 3. The largest absolute Gasteiger partial charge is 0.353 e. The Kier molecular flexibility index (Phi) is 3.52. The Morgan fingerprint density at radius 1 is 1.14 bits per heavy atom. The van der Waals surface area contributed by atoms with Crippen LogP contribution >= 0.6 is 0 Å². The standard InChI is InChI=1S/C17H19FN2OSi/c1-22(2,3)13-6-7-16(15(18)9-13)20-12-5-4-11-10-19-17(21)14(11)8-12/h4-9,20H,10H2,1-3H3,(H,19,21). The quantitative estimate of drug-likeness (QED) is 0.853. The molecule has 3 nitrogen and oxygen atoms in total. The first-order valence-electron chi connectivity index (χ1n) is 7.33. The summed E-state index contributed by atoms with van der Waals surface area (Å²) in [6.07, 6.45) is 0. The molecule has 1 aliphatic heterocycles. The molecule has 3 rings (SSSR count). The molecular weight excluding hydrogens is 295 g/mol. The van der Waals surface area contributed by atoms with Crippen molar-refractivity contribution in [1.29, 1.82) is 0 Å². The summed E-state index contributed by atoms with van der Waals surface area (Å²) < 4.78 is 14.3. The molecule has 22 heavy (non-hydrogen) atoms. The second kappa shape index (κ2) is 5.25. The van der Waals surface area contributed by atoms with Crippen LogP contribution < -0.4 is 15.8 Å². The summed E-state index contributed by atoms with van der Waals surface area (Å²) >= 11 is 0. The Hall–Kier alpha value is -2.14. The van der Waals surface area contributed by atoms with Crippen LogP contribution in [0.3, 0.4) is 0 Å². The van der Waals surface area contributed by atoms with Gasteiger partial charge in [0.2, 0.25) is 0 Å². The number of hydrogen-bond acceptors (Lipinski definition) is 2. The van der Waals surface area contributed by atoms with E-state index in [4.69, 9.17) is 0 Å². The number of anilines is 2. The van der Waals surface area contributed by atoms with Crippen LogP contribution in [0, 0.1) is 5.82 Å². The third-order valence-electron chi connectivity index (χ3n) is 3.91. The van der Waals surface area contributed by atoms with Gasteiger partial charge < -0.3 is 10.6 Å². The number of carbonyl (C=O) groups excluding carboxylic acids is 1. The predicted molar refractivity (Wildman–Crippen MR) is 90.3 cm³/mol. The SMILES string of the molecule is C[Si](C)(C)c1ccc(Nc2ccc3c(c2)C(=O)NC3)c(F)c1. The lowest BCUT2D eigenvalue weighted by atomic mass is 10.1. The van der Waals surface area contributed by atoms with Crippen LogP contribution in [0.2, 0.25) is 19.6 Å². The molecule has 0 unspecified atom stereocenters. The summed E-state index contributed by atoms with van der Waals surface area (Å²) in [5.74, 6) is -0.335. The van der Waals surface area contributed by atoms with E-state index < -0.39 is 8.07 Å². The molecule has 1 heterocycles. The van der Waals surface area contributed by atoms with E-state index in [2.05, 4.69) is 30.3 Å². The molecule has 2 N–H and O–H groups in total. The Morgan fingerprint density at radius 3 is 2.59 bits per heavy atom. The van der Waals surface area contributed by atoms with Gasteiger partial charge in [-0.3, -0.25) is 4.79 Å². The number of amides is 1. The molecule has 0 saturated heterocycles. The summed E-state index contributed by atoms with van der Waals surface area (Å²) in [6, 6.07) is 10.9. The van der Waals surface area contributed by atoms with Crippen molar-refractivity contribution < 1.29 is 9.18 Å². The minimum Gasteiger partial charge on any atom is -0.353 e. The van der Waals surface area contributed by atoms with E-state index in [1.165, 1.54) is 0 Å². The summed E-state index contributed by atoms with van der Waals surface area (Å²) in [6.45, 7) is 7.13. The average Bonchev–Trinajstić information content (AvgIpc) is 2.81. The lowest BCUT2D eigenvalue weighted by Crippen LogP contribution is -2.37. The first-order chi connectivity index (χ1) is 10.3. The lowest BCUT2D eigenvalue weighted by molar-refractivity contribution is 0.0966. The van der Waals surface area contributed by atoms with Crippen molar-refractivity contribution in [3.05, 3.63) is 53.3 Å². The van der Waals surface area contributed by atoms with Gasteiger partial charge in [0.05, 0.1) is 13.8 Å². The molecule has 0 aliphatic carbocycles. The van der Waals surface area contributed by atoms with Crippen molar-refractivity contribution >= 4 is 30.5 Å². The minimum absolute atomic E-state index is 0.0757. The van der Waals surface area contributed by atoms with Gasteiger partial charge in [-0.1, -0.05) is 37.0 Å². The Balaban J connectivity index is 1.88. The van der Waals surface area contributed by atoms with Gasteiger partial charge in [0.25, 0.3) is 5.91 Å². The maximum Gasteiger partial charge on any atom is 0.251 e. The van der Waals surface area contributed by atoms with Crippen LogP contribution in [0.4, 0.5) is 15.8 Å². The van der Waals surface area contributed by atoms with Crippen molar-refractivity contribution in [2.45, 2.75) is 26.2 Å². The van der Waals surface area contributed by atoms with E-state index in [-0.39, 0.29) is 11.7 Å². The van der Waals surface area contributed by atoms with E-state index in [1.54, 1.807) is 18.2 Å². The number of hydrogen-bond donors (Lipinski definition) is 2. The van der Waals surface area contributed by atoms with Crippen LogP contribution in [0.15, 0.2) is 36.4 Å². The highest BCUT2D eigenvalue weighted by molar-refractivity contribution is 6.88. The fraction of sp³-hybridized carbons (Fsp3) is 0.235. The molecule has 2 aromatic rings. The van der Waals surface area contributed by atoms with Crippen molar-refractivity contribution in [3.8, 4) is 0 Å². The zero-order valence-corrected chi connectivity index (χ0v) is 14.0. The fourth-order valence-corrected chi connectivity index (χ4v) is 3.67. The number of nitrogens with one attached hydrogen (secondary N) is 2. The van der Waals surface area contributed by atoms with E-state index >= 15 is 0 Å². The third-order valence-corrected chi connectivity index (χ3v) is 5.95. The van der Waals surface area contributed by atoms with Crippen molar-refractivity contribution in [2.75, 3.05) is 5.32 Å². The van der Waals surface area contributed by atoms with Gasteiger partial charge in [-0.25, -0.2) is 4.39 Å². The van der Waals surface area contributed by atoms with Crippen LogP contribution in [0.1, 0.15) is 15.9 Å². The molecule has 0 spiro atoms. The molecule has 0 radical (unpaired) electrons. The lowest BCUT2D eigenvalue weighted by Gasteiger charge is -2.18. The topological polar surface area (TPSA) is 41.1 Å². The van der Waals surface area contributed by atoms with Gasteiger partial charge in [-0.15, -0.1) is 0 Å². The zero-order valence-electron chi connectivity index (χ0n) is 13.0. The number of carbonyl (C=O) groups is 1. The molecule has 0 bridgehead atoms. The fourth-order valence-electron chi connectivity index (χ4n) is 2.53. The summed E-state index contributed by atoms with van der Waals surface area (Å²) in [7, 11) is -1.52. The molecule has 2 aromatic carbocycles. The van der Waals surface area contributed by atoms with Gasteiger partial charge in [0.15, 0.2) is 0 Å². The van der Waals surface area contributed by atoms with Crippen molar-refractivity contribution in [3.63, 3.8) is 0 Å². The molecule has 1 amide bonds. The van der Waals surface area contributed by atoms with Gasteiger partial charge in [-0.05, 0) is 29.8 Å². The van der Waals surface area contributed by atoms with Gasteiger partial charge in [0, 0.05) is 17.8 Å². The first-order valence-corrected chi connectivity index (χ1v) is 10.8. The van der Waals surface area contributed by atoms with E-state index in [0.717, 1.165) is 16.4 Å². The minimum atomic E-state index is -1.52. The Morgan fingerprint density at radius 2 is 1.91 bits per heavy atom. The van der Waals surface area contributed by atoms with Gasteiger partial charge in [-0.2, -0.15) is 0 Å². The van der Waals surface area contributed by atoms with Crippen LogP contribution in [-0.2, 0) is 6.54 Å². The van der Waals surface area contributed by atoms with E-state index in [9.17, 15) is 9.18 Å². The van der Waals surface area contributed by atoms with Crippen molar-refractivity contribution in [2.24, 2.45) is 0 Å². The van der Waals surface area contributed by atoms with Crippen LogP contribution in [0.25, 0.3) is 0 Å². The number of benzene rings is 2. The smallest absolute Gasteiger partial charge is 0.251 e. The molecule has 0 fully saturated rings. The maximum absolute atomic E-state index is 14.3. The normalized spacial score (nSPS) is 13.7. The highest BCUT2D eigenvalue weighted by Gasteiger charge is 2.20. The second-order valence-corrected chi connectivity index (χ2v) is 11.7. The molecule has 5 heteroatoms. The molecule has 0 atom stereocenters. The van der Waals surface area contributed by atoms with Crippen LogP contribution in [0.5, 0.6) is 0 Å². The third kappa shape index (κ3) is 2.76. The van der Waals surface area contributed by atoms with Crippen molar-refractivity contribution in [1.82, 2.24) is 5.32 Å². The maximum atomic E-state index is 14.3. The van der Waals surface area contributed by atoms with Gasteiger partial charge in [0.1, 0.15) is 5.82 Å². The highest BCUT2D eigenvalue weighted by Crippen LogP contribution is 2.24. The predicted octanol–water partition coefficient (Wildman–Crippen LogP) is 3.36. The molecule has 0 aromatic heterocycles. The zero-order chi connectivity index (χ0) is 15.9. The number of fused-ring (bicyclic) bond motifs is 1.